The highest BCUT2D eigenvalue weighted by Crippen LogP contribution is 2.36. The summed E-state index contributed by atoms with van der Waals surface area (Å²) in [6, 6.07) is 32.1. The van der Waals surface area contributed by atoms with Crippen LogP contribution in [0.5, 0.6) is 0 Å². The highest BCUT2D eigenvalue weighted by molar-refractivity contribution is 6.11. The second kappa shape index (κ2) is 7.22. The molecule has 0 amide bonds. The molecule has 31 heavy (non-hydrogen) atoms. The SMILES string of the molecule is c1ccc(-n2c3ccc(-c4cccnc4)cc3c3cc(-c4cccnc4)ccc32)cc1. The summed E-state index contributed by atoms with van der Waals surface area (Å²) in [4.78, 5) is 8.60. The van der Waals surface area contributed by atoms with E-state index in [1.165, 1.54) is 32.9 Å². The van der Waals surface area contributed by atoms with E-state index in [1.807, 2.05) is 36.9 Å². The van der Waals surface area contributed by atoms with Gasteiger partial charge in [0.25, 0.3) is 0 Å². The van der Waals surface area contributed by atoms with Crippen LogP contribution in [-0.4, -0.2) is 14.5 Å². The van der Waals surface area contributed by atoms with Gasteiger partial charge in [-0.3, -0.25) is 9.97 Å². The summed E-state index contributed by atoms with van der Waals surface area (Å²) < 4.78 is 2.34. The second-order valence-electron chi connectivity index (χ2n) is 7.62. The van der Waals surface area contributed by atoms with Gasteiger partial charge in [-0.05, 0) is 59.7 Å². The van der Waals surface area contributed by atoms with Crippen LogP contribution in [0.4, 0.5) is 0 Å². The molecule has 3 heteroatoms. The molecule has 0 aliphatic heterocycles. The molecule has 146 valence electrons. The van der Waals surface area contributed by atoms with Crippen molar-refractivity contribution in [3.8, 4) is 27.9 Å². The summed E-state index contributed by atoms with van der Waals surface area (Å²) in [5.41, 5.74) is 8.11. The number of hydrogen-bond donors (Lipinski definition) is 0. The summed E-state index contributed by atoms with van der Waals surface area (Å²) in [5, 5.41) is 2.46. The fourth-order valence-corrected chi connectivity index (χ4v) is 4.30. The van der Waals surface area contributed by atoms with Crippen molar-refractivity contribution in [1.82, 2.24) is 14.5 Å². The lowest BCUT2D eigenvalue weighted by molar-refractivity contribution is 1.18. The van der Waals surface area contributed by atoms with E-state index >= 15 is 0 Å². The van der Waals surface area contributed by atoms with Gasteiger partial charge in [-0.15, -0.1) is 0 Å². The summed E-state index contributed by atoms with van der Waals surface area (Å²) in [7, 11) is 0. The molecule has 3 aromatic heterocycles. The summed E-state index contributed by atoms with van der Waals surface area (Å²) in [5.74, 6) is 0. The Labute approximate surface area is 180 Å². The lowest BCUT2D eigenvalue weighted by Gasteiger charge is -2.08. The van der Waals surface area contributed by atoms with Crippen LogP contribution in [0.1, 0.15) is 0 Å². The predicted octanol–water partition coefficient (Wildman–Crippen LogP) is 6.91. The van der Waals surface area contributed by atoms with Crippen LogP contribution in [0.25, 0.3) is 49.7 Å². The van der Waals surface area contributed by atoms with E-state index in [1.54, 1.807) is 0 Å². The number of para-hydroxylation sites is 1. The van der Waals surface area contributed by atoms with Crippen molar-refractivity contribution in [1.29, 1.82) is 0 Å². The second-order valence-corrected chi connectivity index (χ2v) is 7.62. The van der Waals surface area contributed by atoms with Gasteiger partial charge < -0.3 is 4.57 Å². The zero-order valence-corrected chi connectivity index (χ0v) is 16.8. The van der Waals surface area contributed by atoms with Crippen molar-refractivity contribution in [2.75, 3.05) is 0 Å². The predicted molar refractivity (Wildman–Crippen MR) is 127 cm³/mol. The number of fused-ring (bicyclic) bond motifs is 3. The zero-order chi connectivity index (χ0) is 20.6. The maximum Gasteiger partial charge on any atom is 0.0541 e. The highest BCUT2D eigenvalue weighted by atomic mass is 15.0. The van der Waals surface area contributed by atoms with E-state index in [0.717, 1.165) is 16.8 Å². The smallest absolute Gasteiger partial charge is 0.0541 e. The minimum absolute atomic E-state index is 1.12. The molecule has 6 rings (SSSR count). The Morgan fingerprint density at radius 3 is 1.52 bits per heavy atom. The van der Waals surface area contributed by atoms with Gasteiger partial charge in [0.15, 0.2) is 0 Å². The van der Waals surface area contributed by atoms with Crippen molar-refractivity contribution in [2.24, 2.45) is 0 Å². The normalized spacial score (nSPS) is 11.2. The number of nitrogens with zero attached hydrogens (tertiary/aromatic N) is 3. The standard InChI is InChI=1S/C28H19N3/c1-2-8-24(9-3-1)31-27-12-10-20(22-6-4-14-29-18-22)16-25(27)26-17-21(11-13-28(26)31)23-7-5-15-30-19-23/h1-19H. The molecule has 3 heterocycles. The number of benzene rings is 3. The summed E-state index contributed by atoms with van der Waals surface area (Å²) >= 11 is 0. The largest absolute Gasteiger partial charge is 0.309 e. The number of hydrogen-bond acceptors (Lipinski definition) is 2. The van der Waals surface area contributed by atoms with Crippen molar-refractivity contribution >= 4 is 21.8 Å². The molecule has 0 atom stereocenters. The molecule has 3 nitrogen and oxygen atoms in total. The molecular formula is C28H19N3. The molecule has 0 saturated carbocycles. The Morgan fingerprint density at radius 2 is 1.03 bits per heavy atom. The van der Waals surface area contributed by atoms with Crippen LogP contribution >= 0.6 is 0 Å². The number of aromatic nitrogens is 3. The number of rotatable bonds is 3. The fourth-order valence-electron chi connectivity index (χ4n) is 4.30. The molecule has 0 bridgehead atoms. The van der Waals surface area contributed by atoms with E-state index in [-0.39, 0.29) is 0 Å². The average Bonchev–Trinajstić information content (AvgIpc) is 3.18. The first-order chi connectivity index (χ1) is 15.4. The molecule has 0 fully saturated rings. The van der Waals surface area contributed by atoms with Gasteiger partial charge in [0.2, 0.25) is 0 Å². The van der Waals surface area contributed by atoms with Crippen molar-refractivity contribution in [2.45, 2.75) is 0 Å². The molecule has 0 aliphatic carbocycles. The molecule has 0 spiro atoms. The lowest BCUT2D eigenvalue weighted by Crippen LogP contribution is -1.93. The molecule has 0 N–H and O–H groups in total. The van der Waals surface area contributed by atoms with Crippen LogP contribution in [0, 0.1) is 0 Å². The van der Waals surface area contributed by atoms with E-state index < -0.39 is 0 Å². The van der Waals surface area contributed by atoms with Crippen LogP contribution in [-0.2, 0) is 0 Å². The third-order valence-electron chi connectivity index (χ3n) is 5.77. The van der Waals surface area contributed by atoms with Gasteiger partial charge in [0.1, 0.15) is 0 Å². The van der Waals surface area contributed by atoms with Gasteiger partial charge in [0.05, 0.1) is 11.0 Å². The van der Waals surface area contributed by atoms with Gasteiger partial charge >= 0.3 is 0 Å². The van der Waals surface area contributed by atoms with Crippen molar-refractivity contribution in [3.05, 3.63) is 116 Å². The quantitative estimate of drug-likeness (QED) is 0.325. The van der Waals surface area contributed by atoms with E-state index in [4.69, 9.17) is 0 Å². The first-order valence-corrected chi connectivity index (χ1v) is 10.3. The van der Waals surface area contributed by atoms with Gasteiger partial charge in [-0.2, -0.15) is 0 Å². The van der Waals surface area contributed by atoms with E-state index in [2.05, 4.69) is 93.4 Å². The average molecular weight is 397 g/mol. The van der Waals surface area contributed by atoms with Gasteiger partial charge in [-0.25, -0.2) is 0 Å². The third kappa shape index (κ3) is 2.99. The minimum atomic E-state index is 1.12. The molecule has 0 saturated heterocycles. The van der Waals surface area contributed by atoms with Crippen LogP contribution in [0.15, 0.2) is 116 Å². The monoisotopic (exact) mass is 397 g/mol. The maximum atomic E-state index is 4.30. The molecule has 6 aromatic rings. The Hall–Kier alpha value is -4.24. The van der Waals surface area contributed by atoms with E-state index in [9.17, 15) is 0 Å². The van der Waals surface area contributed by atoms with Crippen molar-refractivity contribution in [3.63, 3.8) is 0 Å². The molecule has 3 aromatic carbocycles. The summed E-state index contributed by atoms with van der Waals surface area (Å²) in [6.07, 6.45) is 7.45. The first kappa shape index (κ1) is 17.6. The van der Waals surface area contributed by atoms with Crippen LogP contribution in [0.3, 0.4) is 0 Å². The first-order valence-electron chi connectivity index (χ1n) is 10.3. The third-order valence-corrected chi connectivity index (χ3v) is 5.77. The lowest BCUT2D eigenvalue weighted by atomic mass is 10.0. The fraction of sp³-hybridized carbons (Fsp3) is 0. The maximum absolute atomic E-state index is 4.30. The van der Waals surface area contributed by atoms with E-state index in [0.29, 0.717) is 0 Å². The topological polar surface area (TPSA) is 30.7 Å². The number of pyridine rings is 2. The molecule has 0 aliphatic rings. The highest BCUT2D eigenvalue weighted by Gasteiger charge is 2.14. The molecule has 0 unspecified atom stereocenters. The van der Waals surface area contributed by atoms with Crippen LogP contribution in [0.2, 0.25) is 0 Å². The Balaban J connectivity index is 1.67. The Bertz CT molecular complexity index is 1410. The van der Waals surface area contributed by atoms with Crippen molar-refractivity contribution < 1.29 is 0 Å². The zero-order valence-electron chi connectivity index (χ0n) is 16.8. The Morgan fingerprint density at radius 1 is 0.484 bits per heavy atom. The summed E-state index contributed by atoms with van der Waals surface area (Å²) in [6.45, 7) is 0. The van der Waals surface area contributed by atoms with Gasteiger partial charge in [-0.1, -0.05) is 42.5 Å². The molecular weight excluding hydrogens is 378 g/mol. The molecule has 0 radical (unpaired) electrons. The Kier molecular flexibility index (Phi) is 4.10. The van der Waals surface area contributed by atoms with Gasteiger partial charge in [0, 0.05) is 52.4 Å². The minimum Gasteiger partial charge on any atom is -0.309 e. The van der Waals surface area contributed by atoms with Crippen LogP contribution < -0.4 is 0 Å².